The van der Waals surface area contributed by atoms with Crippen LogP contribution in [-0.2, 0) is 6.54 Å². The number of nitrogens with one attached hydrogen (secondary N) is 1. The molecule has 2 N–H and O–H groups in total. The summed E-state index contributed by atoms with van der Waals surface area (Å²) in [6.07, 6.45) is 3.30. The highest BCUT2D eigenvalue weighted by atomic mass is 32.1. The maximum absolute atomic E-state index is 12.9. The zero-order chi connectivity index (χ0) is 14.7. The molecule has 2 aromatic rings. The monoisotopic (exact) mass is 306 g/mol. The van der Waals surface area contributed by atoms with E-state index in [0.29, 0.717) is 5.41 Å². The first-order valence-electron chi connectivity index (χ1n) is 7.23. The zero-order valence-electron chi connectivity index (χ0n) is 11.8. The van der Waals surface area contributed by atoms with E-state index in [1.807, 2.05) is 5.38 Å². The second-order valence-corrected chi connectivity index (χ2v) is 6.59. The van der Waals surface area contributed by atoms with E-state index in [2.05, 4.69) is 10.3 Å². The normalized spacial score (nSPS) is 16.1. The molecule has 1 saturated carbocycles. The number of thiazole rings is 1. The van der Waals surface area contributed by atoms with E-state index in [-0.39, 0.29) is 12.4 Å². The van der Waals surface area contributed by atoms with Crippen molar-refractivity contribution in [3.63, 3.8) is 0 Å². The van der Waals surface area contributed by atoms with Gasteiger partial charge < -0.3 is 10.4 Å². The summed E-state index contributed by atoms with van der Waals surface area (Å²) in [7, 11) is 0. The lowest BCUT2D eigenvalue weighted by Crippen LogP contribution is -2.24. The number of hydrogen-bond acceptors (Lipinski definition) is 4. The summed E-state index contributed by atoms with van der Waals surface area (Å²) in [6.45, 7) is 1.95. The molecular formula is C16H19FN2OS. The summed E-state index contributed by atoms with van der Waals surface area (Å²) in [5, 5.41) is 15.4. The van der Waals surface area contributed by atoms with Crippen molar-refractivity contribution in [1.82, 2.24) is 10.3 Å². The zero-order valence-corrected chi connectivity index (χ0v) is 12.6. The van der Waals surface area contributed by atoms with Gasteiger partial charge in [-0.25, -0.2) is 9.37 Å². The molecule has 0 atom stereocenters. The van der Waals surface area contributed by atoms with E-state index in [0.717, 1.165) is 35.8 Å². The van der Waals surface area contributed by atoms with Crippen molar-refractivity contribution >= 4 is 11.3 Å². The average molecular weight is 306 g/mol. The van der Waals surface area contributed by atoms with Gasteiger partial charge in [0.25, 0.3) is 0 Å². The van der Waals surface area contributed by atoms with Crippen LogP contribution in [0.4, 0.5) is 4.39 Å². The van der Waals surface area contributed by atoms with Gasteiger partial charge in [0.2, 0.25) is 0 Å². The Bertz CT molecular complexity index is 593. The third kappa shape index (κ3) is 3.67. The number of nitrogens with zero attached hydrogens (tertiary/aromatic N) is 1. The molecule has 3 nitrogen and oxygen atoms in total. The number of benzene rings is 1. The average Bonchev–Trinajstić information content (AvgIpc) is 3.08. The maximum atomic E-state index is 12.9. The Morgan fingerprint density at radius 1 is 1.29 bits per heavy atom. The first-order chi connectivity index (χ1) is 10.2. The molecule has 0 bridgehead atoms. The summed E-state index contributed by atoms with van der Waals surface area (Å²) in [6, 6.07) is 6.43. The smallest absolute Gasteiger partial charge is 0.123 e. The molecule has 0 unspecified atom stereocenters. The molecule has 1 fully saturated rings. The van der Waals surface area contributed by atoms with Gasteiger partial charge in [-0.3, -0.25) is 0 Å². The third-order valence-electron chi connectivity index (χ3n) is 4.05. The van der Waals surface area contributed by atoms with Crippen LogP contribution in [0.1, 0.15) is 25.0 Å². The molecule has 1 heterocycles. The Balaban J connectivity index is 1.54. The third-order valence-corrected chi connectivity index (χ3v) is 4.99. The number of aliphatic hydroxyl groups excluding tert-OH is 1. The topological polar surface area (TPSA) is 45.1 Å². The Labute approximate surface area is 127 Å². The molecule has 0 radical (unpaired) electrons. The van der Waals surface area contributed by atoms with Crippen molar-refractivity contribution in [2.75, 3.05) is 13.2 Å². The summed E-state index contributed by atoms with van der Waals surface area (Å²) in [4.78, 5) is 4.58. The van der Waals surface area contributed by atoms with Crippen LogP contribution in [0.3, 0.4) is 0 Å². The van der Waals surface area contributed by atoms with E-state index in [1.165, 1.54) is 25.0 Å². The highest BCUT2D eigenvalue weighted by molar-refractivity contribution is 7.13. The summed E-state index contributed by atoms with van der Waals surface area (Å²) in [5.41, 5.74) is 2.29. The molecule has 3 rings (SSSR count). The maximum Gasteiger partial charge on any atom is 0.123 e. The molecule has 1 aromatic carbocycles. The van der Waals surface area contributed by atoms with Gasteiger partial charge in [0.1, 0.15) is 10.8 Å². The van der Waals surface area contributed by atoms with Crippen molar-refractivity contribution in [1.29, 1.82) is 0 Å². The van der Waals surface area contributed by atoms with Crippen LogP contribution in [0.5, 0.6) is 0 Å². The number of hydrogen-bond donors (Lipinski definition) is 2. The van der Waals surface area contributed by atoms with E-state index < -0.39 is 0 Å². The van der Waals surface area contributed by atoms with Gasteiger partial charge in [-0.05, 0) is 48.9 Å². The van der Waals surface area contributed by atoms with Gasteiger partial charge >= 0.3 is 0 Å². The Hall–Kier alpha value is -1.30. The molecule has 0 amide bonds. The minimum Gasteiger partial charge on any atom is -0.396 e. The van der Waals surface area contributed by atoms with Gasteiger partial charge in [0.05, 0.1) is 5.69 Å². The van der Waals surface area contributed by atoms with Crippen LogP contribution in [0, 0.1) is 11.2 Å². The second kappa shape index (κ2) is 6.22. The minimum atomic E-state index is -0.226. The van der Waals surface area contributed by atoms with Crippen LogP contribution in [0.25, 0.3) is 10.6 Å². The summed E-state index contributed by atoms with van der Waals surface area (Å²) < 4.78 is 12.9. The Kier molecular flexibility index (Phi) is 4.33. The highest BCUT2D eigenvalue weighted by Crippen LogP contribution is 2.47. The van der Waals surface area contributed by atoms with Crippen molar-refractivity contribution in [2.24, 2.45) is 5.41 Å². The molecule has 21 heavy (non-hydrogen) atoms. The van der Waals surface area contributed by atoms with Gasteiger partial charge in [-0.15, -0.1) is 11.3 Å². The first kappa shape index (κ1) is 14.6. The Morgan fingerprint density at radius 2 is 2.05 bits per heavy atom. The van der Waals surface area contributed by atoms with E-state index >= 15 is 0 Å². The van der Waals surface area contributed by atoms with Crippen molar-refractivity contribution in [2.45, 2.75) is 25.8 Å². The van der Waals surface area contributed by atoms with Crippen LogP contribution in [0.15, 0.2) is 29.6 Å². The molecule has 0 saturated heterocycles. The number of aliphatic hydroxyl groups is 1. The molecular weight excluding hydrogens is 287 g/mol. The fourth-order valence-electron chi connectivity index (χ4n) is 2.50. The van der Waals surface area contributed by atoms with Crippen LogP contribution < -0.4 is 5.32 Å². The van der Waals surface area contributed by atoms with Gasteiger partial charge in [0.15, 0.2) is 0 Å². The number of rotatable bonds is 7. The van der Waals surface area contributed by atoms with Crippen LogP contribution in [-0.4, -0.2) is 23.2 Å². The predicted octanol–water partition coefficient (Wildman–Crippen LogP) is 3.20. The molecule has 0 aliphatic heterocycles. The van der Waals surface area contributed by atoms with E-state index in [4.69, 9.17) is 5.11 Å². The predicted molar refractivity (Wildman–Crippen MR) is 82.6 cm³/mol. The highest BCUT2D eigenvalue weighted by Gasteiger charge is 2.41. The molecule has 1 aliphatic carbocycles. The van der Waals surface area contributed by atoms with Gasteiger partial charge in [-0.2, -0.15) is 0 Å². The van der Waals surface area contributed by atoms with Crippen LogP contribution >= 0.6 is 11.3 Å². The molecule has 112 valence electrons. The fourth-order valence-corrected chi connectivity index (χ4v) is 3.32. The lowest BCUT2D eigenvalue weighted by molar-refractivity contribution is 0.245. The van der Waals surface area contributed by atoms with Crippen molar-refractivity contribution in [3.8, 4) is 10.6 Å². The van der Waals surface area contributed by atoms with Gasteiger partial charge in [-0.1, -0.05) is 0 Å². The molecule has 5 heteroatoms. The van der Waals surface area contributed by atoms with Crippen molar-refractivity contribution < 1.29 is 9.50 Å². The molecule has 1 aromatic heterocycles. The quantitative estimate of drug-likeness (QED) is 0.825. The SMILES string of the molecule is OCCC1(CNCc2csc(-c3ccc(F)cc3)n2)CC1. The molecule has 0 spiro atoms. The minimum absolute atomic E-state index is 0.226. The summed E-state index contributed by atoms with van der Waals surface area (Å²) in [5.74, 6) is -0.226. The lowest BCUT2D eigenvalue weighted by Gasteiger charge is -2.13. The second-order valence-electron chi connectivity index (χ2n) is 5.73. The standard InChI is InChI=1S/C16H19FN2OS/c17-13-3-1-12(2-4-13)15-19-14(10-21-15)9-18-11-16(5-6-16)7-8-20/h1-4,10,18,20H,5-9,11H2. The van der Waals surface area contributed by atoms with Crippen LogP contribution in [0.2, 0.25) is 0 Å². The number of aromatic nitrogens is 1. The number of halogens is 1. The Morgan fingerprint density at radius 3 is 2.71 bits per heavy atom. The fraction of sp³-hybridized carbons (Fsp3) is 0.438. The van der Waals surface area contributed by atoms with Gasteiger partial charge in [0, 0.05) is 30.6 Å². The van der Waals surface area contributed by atoms with E-state index in [1.54, 1.807) is 23.5 Å². The van der Waals surface area contributed by atoms with Crippen molar-refractivity contribution in [3.05, 3.63) is 41.2 Å². The van der Waals surface area contributed by atoms with E-state index in [9.17, 15) is 4.39 Å². The largest absolute Gasteiger partial charge is 0.396 e. The summed E-state index contributed by atoms with van der Waals surface area (Å²) >= 11 is 1.58. The first-order valence-corrected chi connectivity index (χ1v) is 8.11. The lowest BCUT2D eigenvalue weighted by atomic mass is 10.0. The molecule has 1 aliphatic rings.